The van der Waals surface area contributed by atoms with Crippen molar-refractivity contribution < 1.29 is 4.79 Å². The molecule has 2 rings (SSSR count). The molecule has 0 aliphatic carbocycles. The second-order valence-electron chi connectivity index (χ2n) is 5.04. The Kier molecular flexibility index (Phi) is 4.17. The summed E-state index contributed by atoms with van der Waals surface area (Å²) < 4.78 is 0. The normalized spacial score (nSPS) is 11.2. The molecular formula is C17H19OP. The van der Waals surface area contributed by atoms with E-state index in [9.17, 15) is 4.79 Å². The predicted molar refractivity (Wildman–Crippen MR) is 84.1 cm³/mol. The SMILES string of the molecule is Cc1ccc(C)c(PC(=O)c2c(C)cccc2C)c1. The predicted octanol–water partition coefficient (Wildman–Crippen LogP) is 4.06. The molecule has 19 heavy (non-hydrogen) atoms. The molecule has 1 unspecified atom stereocenters. The lowest BCUT2D eigenvalue weighted by Crippen LogP contribution is -2.07. The molecule has 2 aromatic carbocycles. The van der Waals surface area contributed by atoms with Crippen LogP contribution in [0.4, 0.5) is 0 Å². The van der Waals surface area contributed by atoms with Crippen molar-refractivity contribution >= 4 is 19.4 Å². The number of benzene rings is 2. The molecule has 2 heteroatoms. The highest BCUT2D eigenvalue weighted by Gasteiger charge is 2.13. The standard InChI is InChI=1S/C17H19OP/c1-11-8-9-12(2)15(10-11)19-17(18)16-13(3)6-5-7-14(16)4/h5-10,19H,1-4H3. The van der Waals surface area contributed by atoms with Gasteiger partial charge >= 0.3 is 0 Å². The number of carbonyl (C=O) groups excluding carboxylic acids is 1. The van der Waals surface area contributed by atoms with Gasteiger partial charge in [0, 0.05) is 5.56 Å². The molecule has 98 valence electrons. The zero-order valence-corrected chi connectivity index (χ0v) is 12.9. The van der Waals surface area contributed by atoms with Gasteiger partial charge in [0.2, 0.25) is 0 Å². The van der Waals surface area contributed by atoms with Crippen molar-refractivity contribution in [3.8, 4) is 0 Å². The number of hydrogen-bond donors (Lipinski definition) is 0. The van der Waals surface area contributed by atoms with E-state index in [1.165, 1.54) is 11.1 Å². The van der Waals surface area contributed by atoms with Crippen molar-refractivity contribution in [2.24, 2.45) is 0 Å². The minimum absolute atomic E-state index is 0.205. The highest BCUT2D eigenvalue weighted by Crippen LogP contribution is 2.25. The fourth-order valence-corrected chi connectivity index (χ4v) is 3.57. The quantitative estimate of drug-likeness (QED) is 0.768. The fourth-order valence-electron chi connectivity index (χ4n) is 2.23. The molecule has 0 spiro atoms. The van der Waals surface area contributed by atoms with E-state index >= 15 is 0 Å². The first kappa shape index (κ1) is 14.0. The van der Waals surface area contributed by atoms with Crippen molar-refractivity contribution in [2.45, 2.75) is 27.7 Å². The molecule has 0 bridgehead atoms. The summed E-state index contributed by atoms with van der Waals surface area (Å²) in [6.07, 6.45) is 0. The van der Waals surface area contributed by atoms with Crippen LogP contribution >= 0.6 is 8.58 Å². The van der Waals surface area contributed by atoms with Crippen molar-refractivity contribution in [3.05, 3.63) is 64.2 Å². The molecule has 0 radical (unpaired) electrons. The molecule has 1 atom stereocenters. The monoisotopic (exact) mass is 270 g/mol. The largest absolute Gasteiger partial charge is 0.289 e. The Labute approximate surface area is 116 Å². The Morgan fingerprint density at radius 1 is 0.895 bits per heavy atom. The summed E-state index contributed by atoms with van der Waals surface area (Å²) in [5.74, 6) is 0. The summed E-state index contributed by atoms with van der Waals surface area (Å²) in [5, 5.41) is 1.16. The lowest BCUT2D eigenvalue weighted by atomic mass is 10.0. The number of hydrogen-bond acceptors (Lipinski definition) is 1. The summed E-state index contributed by atoms with van der Waals surface area (Å²) in [6, 6.07) is 12.3. The van der Waals surface area contributed by atoms with Crippen LogP contribution in [0.1, 0.15) is 32.6 Å². The minimum Gasteiger partial charge on any atom is -0.289 e. The van der Waals surface area contributed by atoms with Gasteiger partial charge in [-0.3, -0.25) is 4.79 Å². The van der Waals surface area contributed by atoms with Crippen LogP contribution in [0.2, 0.25) is 0 Å². The van der Waals surface area contributed by atoms with Crippen LogP contribution in [0.3, 0.4) is 0 Å². The van der Waals surface area contributed by atoms with Crippen LogP contribution in [0, 0.1) is 27.7 Å². The molecule has 0 aliphatic rings. The van der Waals surface area contributed by atoms with E-state index < -0.39 is 0 Å². The van der Waals surface area contributed by atoms with Crippen molar-refractivity contribution in [2.75, 3.05) is 0 Å². The van der Waals surface area contributed by atoms with E-state index in [4.69, 9.17) is 0 Å². The van der Waals surface area contributed by atoms with Crippen LogP contribution in [-0.2, 0) is 0 Å². The van der Waals surface area contributed by atoms with E-state index in [0.717, 1.165) is 22.0 Å². The highest BCUT2D eigenvalue weighted by molar-refractivity contribution is 7.66. The average Bonchev–Trinajstić information content (AvgIpc) is 2.33. The maximum absolute atomic E-state index is 12.5. The lowest BCUT2D eigenvalue weighted by Gasteiger charge is -2.10. The molecular weight excluding hydrogens is 251 g/mol. The smallest absolute Gasteiger partial charge is 0.186 e. The Morgan fingerprint density at radius 3 is 2.16 bits per heavy atom. The van der Waals surface area contributed by atoms with Gasteiger partial charge in [0.05, 0.1) is 0 Å². The first-order valence-corrected chi connectivity index (χ1v) is 7.44. The Bertz CT molecular complexity index is 609. The van der Waals surface area contributed by atoms with Gasteiger partial charge in [-0.15, -0.1) is 0 Å². The van der Waals surface area contributed by atoms with Crippen molar-refractivity contribution in [1.29, 1.82) is 0 Å². The van der Waals surface area contributed by atoms with Crippen LogP contribution in [0.15, 0.2) is 36.4 Å². The Hall–Kier alpha value is -1.46. The fraction of sp³-hybridized carbons (Fsp3) is 0.235. The maximum Gasteiger partial charge on any atom is 0.186 e. The molecule has 0 saturated heterocycles. The second-order valence-corrected chi connectivity index (χ2v) is 6.28. The van der Waals surface area contributed by atoms with Crippen LogP contribution < -0.4 is 5.30 Å². The average molecular weight is 270 g/mol. The summed E-state index contributed by atoms with van der Waals surface area (Å²) in [5.41, 5.74) is 5.68. The van der Waals surface area contributed by atoms with Crippen molar-refractivity contribution in [3.63, 3.8) is 0 Å². The van der Waals surface area contributed by atoms with E-state index in [-0.39, 0.29) is 14.1 Å². The zero-order chi connectivity index (χ0) is 14.0. The lowest BCUT2D eigenvalue weighted by molar-refractivity contribution is 0.108. The third kappa shape index (κ3) is 3.11. The Balaban J connectivity index is 2.34. The molecule has 0 aromatic heterocycles. The van der Waals surface area contributed by atoms with Gasteiger partial charge in [-0.25, -0.2) is 0 Å². The van der Waals surface area contributed by atoms with Gasteiger partial charge in [0.15, 0.2) is 5.52 Å². The Morgan fingerprint density at radius 2 is 1.53 bits per heavy atom. The van der Waals surface area contributed by atoms with Crippen LogP contribution in [-0.4, -0.2) is 5.52 Å². The molecule has 2 aromatic rings. The third-order valence-electron chi connectivity index (χ3n) is 3.35. The number of rotatable bonds is 3. The molecule has 0 saturated carbocycles. The van der Waals surface area contributed by atoms with E-state index in [1.807, 2.05) is 32.0 Å². The summed E-state index contributed by atoms with van der Waals surface area (Å²) in [6.45, 7) is 8.15. The number of aryl methyl sites for hydroxylation is 4. The molecule has 0 amide bonds. The highest BCUT2D eigenvalue weighted by atomic mass is 31.1. The van der Waals surface area contributed by atoms with Gasteiger partial charge < -0.3 is 0 Å². The molecule has 0 aliphatic heterocycles. The van der Waals surface area contributed by atoms with Gasteiger partial charge in [-0.1, -0.05) is 42.0 Å². The summed E-state index contributed by atoms with van der Waals surface area (Å²) in [4.78, 5) is 12.5. The van der Waals surface area contributed by atoms with E-state index in [0.29, 0.717) is 0 Å². The van der Waals surface area contributed by atoms with Crippen molar-refractivity contribution in [1.82, 2.24) is 0 Å². The molecule has 0 heterocycles. The number of carbonyl (C=O) groups is 1. The van der Waals surface area contributed by atoms with Gasteiger partial charge in [0.25, 0.3) is 0 Å². The van der Waals surface area contributed by atoms with Gasteiger partial charge in [-0.05, 0) is 58.3 Å². The van der Waals surface area contributed by atoms with Gasteiger partial charge in [0.1, 0.15) is 0 Å². The topological polar surface area (TPSA) is 17.1 Å². The summed E-state index contributed by atoms with van der Waals surface area (Å²) in [7, 11) is 0.205. The maximum atomic E-state index is 12.5. The molecule has 1 nitrogen and oxygen atoms in total. The third-order valence-corrected chi connectivity index (χ3v) is 4.63. The minimum atomic E-state index is 0.205. The zero-order valence-electron chi connectivity index (χ0n) is 11.9. The second kappa shape index (κ2) is 5.67. The van der Waals surface area contributed by atoms with E-state index in [2.05, 4.69) is 32.0 Å². The molecule has 0 N–H and O–H groups in total. The first-order valence-electron chi connectivity index (χ1n) is 6.44. The summed E-state index contributed by atoms with van der Waals surface area (Å²) >= 11 is 0. The van der Waals surface area contributed by atoms with E-state index in [1.54, 1.807) is 0 Å². The first-order chi connectivity index (χ1) is 8.99. The van der Waals surface area contributed by atoms with Crippen LogP contribution in [0.5, 0.6) is 0 Å². The van der Waals surface area contributed by atoms with Crippen LogP contribution in [0.25, 0.3) is 0 Å². The van der Waals surface area contributed by atoms with Gasteiger partial charge in [-0.2, -0.15) is 0 Å². The molecule has 0 fully saturated rings.